The minimum atomic E-state index is -1.23. The number of halogens is 1. The van der Waals surface area contributed by atoms with Gasteiger partial charge < -0.3 is 14.0 Å². The summed E-state index contributed by atoms with van der Waals surface area (Å²) < 4.78 is 26.5. The van der Waals surface area contributed by atoms with Crippen LogP contribution in [-0.2, 0) is 20.1 Å². The Labute approximate surface area is 360 Å². The molecule has 0 atom stereocenters. The van der Waals surface area contributed by atoms with E-state index in [1.807, 2.05) is 97.2 Å². The fourth-order valence-corrected chi connectivity index (χ4v) is 9.74. The van der Waals surface area contributed by atoms with Gasteiger partial charge in [0.15, 0.2) is 11.4 Å². The van der Waals surface area contributed by atoms with Gasteiger partial charge in [0.25, 0.3) is 0 Å². The van der Waals surface area contributed by atoms with E-state index >= 15 is 4.39 Å². The van der Waals surface area contributed by atoms with Crippen LogP contribution in [0.1, 0.15) is 0 Å². The molecule has 0 spiro atoms. The molecule has 4 heterocycles. The predicted octanol–water partition coefficient (Wildman–Crippen LogP) is 13.7. The largest absolute Gasteiger partial charge is 0.497 e. The average Bonchev–Trinajstić information content (AvgIpc) is 3.96. The van der Waals surface area contributed by atoms with Crippen LogP contribution in [0, 0.1) is 17.9 Å². The molecule has 11 rings (SSSR count). The third-order valence-corrected chi connectivity index (χ3v) is 13.8. The molecule has 0 N–H and O–H groups in total. The molecule has 59 heavy (non-hydrogen) atoms. The number of rotatable bonds is 5. The smallest absolute Gasteiger partial charge is 0.165 e. The summed E-state index contributed by atoms with van der Waals surface area (Å²) in [4.78, 5) is 9.60. The number of furan rings is 1. The fraction of sp³-hybridized carbons (Fsp3) is 0.0588. The third-order valence-electron chi connectivity index (χ3n) is 10.6. The van der Waals surface area contributed by atoms with Gasteiger partial charge in [-0.1, -0.05) is 103 Å². The van der Waals surface area contributed by atoms with Crippen molar-refractivity contribution >= 4 is 77.7 Å². The van der Waals surface area contributed by atoms with Gasteiger partial charge in [-0.05, 0) is 70.5 Å². The summed E-state index contributed by atoms with van der Waals surface area (Å²) in [6.07, 6.45) is 2.02. The number of thiophene rings is 1. The van der Waals surface area contributed by atoms with Gasteiger partial charge in [0.1, 0.15) is 0 Å². The monoisotopic (exact) mass is 978 g/mol. The van der Waals surface area contributed by atoms with E-state index in [1.54, 1.807) is 17.4 Å². The molecule has 0 aliphatic rings. The zero-order valence-electron chi connectivity index (χ0n) is 32.5. The summed E-state index contributed by atoms with van der Waals surface area (Å²) in [6.45, 7) is 7.00. The molecule has 0 amide bonds. The first kappa shape index (κ1) is 38.5. The van der Waals surface area contributed by atoms with Gasteiger partial charge in [-0.2, -0.15) is 0 Å². The Morgan fingerprint density at radius 1 is 0.644 bits per heavy atom. The van der Waals surface area contributed by atoms with Crippen molar-refractivity contribution in [3.05, 3.63) is 182 Å². The molecule has 0 aliphatic carbocycles. The first-order chi connectivity index (χ1) is 28.3. The van der Waals surface area contributed by atoms with Gasteiger partial charge >= 0.3 is 0 Å². The molecule has 289 valence electrons. The number of para-hydroxylation sites is 2. The van der Waals surface area contributed by atoms with Crippen molar-refractivity contribution in [2.45, 2.75) is 19.6 Å². The van der Waals surface area contributed by atoms with Crippen molar-refractivity contribution in [2.24, 2.45) is 0 Å². The van der Waals surface area contributed by atoms with Crippen LogP contribution in [0.2, 0.25) is 19.6 Å². The Hall–Kier alpha value is -6.02. The zero-order valence-corrected chi connectivity index (χ0v) is 36.7. The van der Waals surface area contributed by atoms with E-state index in [0.717, 1.165) is 49.9 Å². The molecular weight excluding hydrogens is 942 g/mol. The summed E-state index contributed by atoms with van der Waals surface area (Å²) in [5.41, 5.74) is 8.15. The second-order valence-corrected chi connectivity index (χ2v) is 21.6. The number of pyridine rings is 1. The van der Waals surface area contributed by atoms with Crippen LogP contribution in [0.3, 0.4) is 0 Å². The van der Waals surface area contributed by atoms with Crippen molar-refractivity contribution in [1.82, 2.24) is 14.5 Å². The van der Waals surface area contributed by atoms with Crippen molar-refractivity contribution in [3.63, 3.8) is 0 Å². The van der Waals surface area contributed by atoms with Crippen molar-refractivity contribution in [2.75, 3.05) is 0 Å². The van der Waals surface area contributed by atoms with E-state index in [2.05, 4.69) is 102 Å². The fourth-order valence-electron chi connectivity index (χ4n) is 7.62. The molecule has 0 aliphatic heterocycles. The number of fused-ring (bicyclic) bond motifs is 7. The molecule has 0 saturated heterocycles. The molecule has 1 radical (unpaired) electrons. The van der Waals surface area contributed by atoms with E-state index in [4.69, 9.17) is 9.40 Å². The first-order valence-corrected chi connectivity index (χ1v) is 23.6. The summed E-state index contributed by atoms with van der Waals surface area (Å²) in [6, 6.07) is 59.2. The summed E-state index contributed by atoms with van der Waals surface area (Å²) in [5, 5.41) is 5.40. The van der Waals surface area contributed by atoms with Gasteiger partial charge in [0, 0.05) is 57.5 Å². The maximum absolute atomic E-state index is 15.5. The van der Waals surface area contributed by atoms with Crippen molar-refractivity contribution in [1.29, 1.82) is 0 Å². The Morgan fingerprint density at radius 3 is 2.22 bits per heavy atom. The third kappa shape index (κ3) is 7.13. The van der Waals surface area contributed by atoms with Crippen LogP contribution in [0.5, 0.6) is 0 Å². The molecule has 8 heteroatoms. The Bertz CT molecular complexity index is 3280. The van der Waals surface area contributed by atoms with Gasteiger partial charge in [-0.15, -0.1) is 65.4 Å². The SMILES string of the molecule is C[Si](C)(C)c1ccc(-c2[c-]cccc2)nc1.Fc1cc(-c2ccccc2)cc2c1oc1c(-c3nc4ccccc4n3-c3ccc4sc5ccccc5c4c3)[c-]ccc12.[Ir]. The predicted molar refractivity (Wildman–Crippen MR) is 242 cm³/mol. The number of aromatic nitrogens is 3. The van der Waals surface area contributed by atoms with E-state index in [9.17, 15) is 0 Å². The number of nitrogens with zero attached hydrogens (tertiary/aromatic N) is 3. The summed E-state index contributed by atoms with van der Waals surface area (Å²) in [5.74, 6) is 0.306. The quantitative estimate of drug-likeness (QED) is 0.127. The number of hydrogen-bond donors (Lipinski definition) is 0. The molecule has 0 bridgehead atoms. The second-order valence-electron chi connectivity index (χ2n) is 15.4. The van der Waals surface area contributed by atoms with E-state index in [0.29, 0.717) is 17.0 Å². The minimum absolute atomic E-state index is 0. The van der Waals surface area contributed by atoms with Crippen molar-refractivity contribution < 1.29 is 28.9 Å². The summed E-state index contributed by atoms with van der Waals surface area (Å²) in [7, 11) is -1.23. The maximum atomic E-state index is 15.5. The molecule has 4 nitrogen and oxygen atoms in total. The van der Waals surface area contributed by atoms with Gasteiger partial charge in [-0.25, -0.2) is 4.39 Å². The van der Waals surface area contributed by atoms with Crippen LogP contribution >= 0.6 is 11.3 Å². The average molecular weight is 978 g/mol. The Morgan fingerprint density at radius 2 is 1.42 bits per heavy atom. The Balaban J connectivity index is 0.000000224. The Kier molecular flexibility index (Phi) is 10.2. The normalized spacial score (nSPS) is 11.6. The van der Waals surface area contributed by atoms with Crippen LogP contribution in [-0.4, -0.2) is 22.6 Å². The number of benzene rings is 7. The van der Waals surface area contributed by atoms with Crippen molar-refractivity contribution in [3.8, 4) is 39.5 Å². The molecule has 7 aromatic carbocycles. The standard InChI is InChI=1S/C37H20FN2OS.C14H16NSi.Ir/c38-30-20-23(22-9-2-1-3-10-22)19-29-26-12-8-13-27(35(26)41-36(29)30)37-39-31-14-5-6-15-32(31)40(37)24-17-18-34-28(21-24)25-11-4-7-16-33(25)42-34;1-16(2,3)13-9-10-14(15-11-13)12-7-5-4-6-8-12;/h1-12,14-21H;4-7,9-11H,1-3H3;/q2*-1;. The van der Waals surface area contributed by atoms with Crippen LogP contribution < -0.4 is 5.19 Å². The van der Waals surface area contributed by atoms with Gasteiger partial charge in [-0.3, -0.25) is 4.98 Å². The first-order valence-electron chi connectivity index (χ1n) is 19.3. The number of hydrogen-bond acceptors (Lipinski definition) is 4. The zero-order chi connectivity index (χ0) is 39.4. The summed E-state index contributed by atoms with van der Waals surface area (Å²) >= 11 is 1.80. The van der Waals surface area contributed by atoms with Crippen LogP contribution in [0.25, 0.3) is 92.6 Å². The van der Waals surface area contributed by atoms with E-state index in [1.165, 1.54) is 25.4 Å². The van der Waals surface area contributed by atoms with Gasteiger partial charge in [0.05, 0.1) is 30.5 Å². The maximum Gasteiger partial charge on any atom is 0.165 e. The van der Waals surface area contributed by atoms with E-state index < -0.39 is 13.9 Å². The molecule has 0 fully saturated rings. The molecular formula is C51H36FIrN3OSSi-2. The molecule has 0 unspecified atom stereocenters. The minimum Gasteiger partial charge on any atom is -0.497 e. The second kappa shape index (κ2) is 15.6. The van der Waals surface area contributed by atoms with Crippen LogP contribution in [0.15, 0.2) is 168 Å². The van der Waals surface area contributed by atoms with Crippen LogP contribution in [0.4, 0.5) is 4.39 Å². The van der Waals surface area contributed by atoms with Gasteiger partial charge in [0.2, 0.25) is 0 Å². The molecule has 11 aromatic rings. The number of imidazole rings is 1. The molecule has 0 saturated carbocycles. The topological polar surface area (TPSA) is 43.9 Å². The van der Waals surface area contributed by atoms with E-state index in [-0.39, 0.29) is 25.7 Å². The molecule has 4 aromatic heterocycles.